The lowest BCUT2D eigenvalue weighted by Crippen LogP contribution is -2.21. The van der Waals surface area contributed by atoms with E-state index >= 15 is 0 Å². The molecule has 0 aliphatic rings. The van der Waals surface area contributed by atoms with Crippen molar-refractivity contribution in [2.75, 3.05) is 13.7 Å². The summed E-state index contributed by atoms with van der Waals surface area (Å²) in [5.41, 5.74) is 0.564. The fourth-order valence-electron chi connectivity index (χ4n) is 1.78. The highest BCUT2D eigenvalue weighted by Crippen LogP contribution is 2.19. The summed E-state index contributed by atoms with van der Waals surface area (Å²) < 4.78 is 20.1. The molecule has 2 aromatic rings. The Labute approximate surface area is 116 Å². The largest absolute Gasteiger partial charge is 0.494 e. The first-order valence-electron chi connectivity index (χ1n) is 6.43. The van der Waals surface area contributed by atoms with Crippen LogP contribution in [0.4, 0.5) is 4.39 Å². The van der Waals surface area contributed by atoms with Gasteiger partial charge in [-0.05, 0) is 35.0 Å². The van der Waals surface area contributed by atoms with Crippen LogP contribution in [0.1, 0.15) is 19.7 Å². The van der Waals surface area contributed by atoms with Gasteiger partial charge in [-0.3, -0.25) is 0 Å². The monoisotopic (exact) mass is 279 g/mol. The molecule has 0 saturated carbocycles. The molecule has 0 aliphatic carbocycles. The van der Waals surface area contributed by atoms with Crippen molar-refractivity contribution in [1.29, 1.82) is 0 Å². The van der Waals surface area contributed by atoms with E-state index < -0.39 is 5.82 Å². The molecule has 1 aromatic carbocycles. The Morgan fingerprint density at radius 3 is 2.85 bits per heavy atom. The van der Waals surface area contributed by atoms with Crippen LogP contribution in [0.2, 0.25) is 0 Å². The summed E-state index contributed by atoms with van der Waals surface area (Å²) in [7, 11) is 1.43. The SMILES string of the molecule is COc1ccc(-n2nnnc2CNCC(C)C)cc1F. The van der Waals surface area contributed by atoms with Crippen LogP contribution in [-0.2, 0) is 6.54 Å². The van der Waals surface area contributed by atoms with Crippen LogP contribution in [0.3, 0.4) is 0 Å². The zero-order chi connectivity index (χ0) is 14.5. The number of hydrogen-bond donors (Lipinski definition) is 1. The molecule has 1 aromatic heterocycles. The van der Waals surface area contributed by atoms with Gasteiger partial charge in [0.1, 0.15) is 0 Å². The highest BCUT2D eigenvalue weighted by atomic mass is 19.1. The van der Waals surface area contributed by atoms with E-state index in [1.54, 1.807) is 12.1 Å². The molecule has 0 bridgehead atoms. The molecule has 0 atom stereocenters. The summed E-state index contributed by atoms with van der Waals surface area (Å²) in [5.74, 6) is 0.927. The molecule has 1 heterocycles. The van der Waals surface area contributed by atoms with E-state index in [4.69, 9.17) is 4.74 Å². The van der Waals surface area contributed by atoms with Gasteiger partial charge < -0.3 is 10.1 Å². The Hall–Kier alpha value is -2.02. The van der Waals surface area contributed by atoms with Crippen LogP contribution in [0.25, 0.3) is 5.69 Å². The average molecular weight is 279 g/mol. The first-order chi connectivity index (χ1) is 9.61. The predicted octanol–water partition coefficient (Wildman–Crippen LogP) is 1.56. The third-order valence-corrected chi connectivity index (χ3v) is 2.75. The molecule has 7 heteroatoms. The first-order valence-corrected chi connectivity index (χ1v) is 6.43. The van der Waals surface area contributed by atoms with Gasteiger partial charge in [0.2, 0.25) is 0 Å². The van der Waals surface area contributed by atoms with Crippen molar-refractivity contribution in [2.45, 2.75) is 20.4 Å². The maximum Gasteiger partial charge on any atom is 0.170 e. The van der Waals surface area contributed by atoms with E-state index in [0.29, 0.717) is 24.0 Å². The second kappa shape index (κ2) is 6.42. The molecule has 0 radical (unpaired) electrons. The lowest BCUT2D eigenvalue weighted by Gasteiger charge is -2.09. The number of rotatable bonds is 6. The van der Waals surface area contributed by atoms with Crippen LogP contribution in [0.15, 0.2) is 18.2 Å². The van der Waals surface area contributed by atoms with E-state index in [9.17, 15) is 4.39 Å². The Kier molecular flexibility index (Phi) is 4.62. The number of tetrazole rings is 1. The van der Waals surface area contributed by atoms with Gasteiger partial charge in [-0.15, -0.1) is 5.10 Å². The van der Waals surface area contributed by atoms with Gasteiger partial charge in [-0.2, -0.15) is 4.68 Å². The fourth-order valence-corrected chi connectivity index (χ4v) is 1.78. The quantitative estimate of drug-likeness (QED) is 0.869. The topological polar surface area (TPSA) is 64.9 Å². The number of methoxy groups -OCH3 is 1. The Morgan fingerprint density at radius 2 is 2.20 bits per heavy atom. The number of hydrogen-bond acceptors (Lipinski definition) is 5. The summed E-state index contributed by atoms with van der Waals surface area (Å²) in [6.45, 7) is 5.63. The van der Waals surface area contributed by atoms with Crippen LogP contribution < -0.4 is 10.1 Å². The molecule has 1 N–H and O–H groups in total. The van der Waals surface area contributed by atoms with Crippen molar-refractivity contribution in [3.05, 3.63) is 29.8 Å². The lowest BCUT2D eigenvalue weighted by atomic mass is 10.2. The van der Waals surface area contributed by atoms with Gasteiger partial charge in [-0.25, -0.2) is 4.39 Å². The van der Waals surface area contributed by atoms with Crippen LogP contribution in [-0.4, -0.2) is 33.9 Å². The van der Waals surface area contributed by atoms with Crippen LogP contribution in [0.5, 0.6) is 5.75 Å². The number of halogens is 1. The summed E-state index contributed by atoms with van der Waals surface area (Å²) in [4.78, 5) is 0. The van der Waals surface area contributed by atoms with Crippen molar-refractivity contribution < 1.29 is 9.13 Å². The molecule has 0 saturated heterocycles. The van der Waals surface area contributed by atoms with Crippen LogP contribution in [0, 0.1) is 11.7 Å². The van der Waals surface area contributed by atoms with E-state index in [0.717, 1.165) is 6.54 Å². The molecule has 0 aliphatic heterocycles. The molecule has 0 spiro atoms. The summed E-state index contributed by atoms with van der Waals surface area (Å²) in [6, 6.07) is 4.61. The highest BCUT2D eigenvalue weighted by Gasteiger charge is 2.11. The summed E-state index contributed by atoms with van der Waals surface area (Å²) in [6.07, 6.45) is 0. The molecule has 0 unspecified atom stereocenters. The minimum Gasteiger partial charge on any atom is -0.494 e. The number of nitrogens with one attached hydrogen (secondary N) is 1. The van der Waals surface area contributed by atoms with Crippen molar-refractivity contribution in [3.63, 3.8) is 0 Å². The zero-order valence-electron chi connectivity index (χ0n) is 11.8. The molecule has 108 valence electrons. The van der Waals surface area contributed by atoms with E-state index in [-0.39, 0.29) is 5.75 Å². The Morgan fingerprint density at radius 1 is 1.40 bits per heavy atom. The second-order valence-electron chi connectivity index (χ2n) is 4.85. The normalized spacial score (nSPS) is 11.1. The third-order valence-electron chi connectivity index (χ3n) is 2.75. The maximum atomic E-state index is 13.7. The second-order valence-corrected chi connectivity index (χ2v) is 4.85. The lowest BCUT2D eigenvalue weighted by molar-refractivity contribution is 0.386. The standard InChI is InChI=1S/C13H18FN5O/c1-9(2)7-15-8-13-16-17-18-19(13)10-4-5-12(20-3)11(14)6-10/h4-6,9,15H,7-8H2,1-3H3. The Balaban J connectivity index is 2.17. The zero-order valence-corrected chi connectivity index (χ0v) is 11.8. The van der Waals surface area contributed by atoms with Gasteiger partial charge in [-0.1, -0.05) is 13.8 Å². The third kappa shape index (κ3) is 3.30. The Bertz CT molecular complexity index is 570. The van der Waals surface area contributed by atoms with E-state index in [1.807, 2.05) is 0 Å². The molecule has 2 rings (SSSR count). The first kappa shape index (κ1) is 14.4. The summed E-state index contributed by atoms with van der Waals surface area (Å²) >= 11 is 0. The number of ether oxygens (including phenoxy) is 1. The molecule has 6 nitrogen and oxygen atoms in total. The molecule has 20 heavy (non-hydrogen) atoms. The molecular weight excluding hydrogens is 261 g/mol. The predicted molar refractivity (Wildman–Crippen MR) is 72.2 cm³/mol. The van der Waals surface area contributed by atoms with E-state index in [1.165, 1.54) is 17.9 Å². The molecule has 0 amide bonds. The fraction of sp³-hybridized carbons (Fsp3) is 0.462. The van der Waals surface area contributed by atoms with Gasteiger partial charge in [0.05, 0.1) is 19.3 Å². The van der Waals surface area contributed by atoms with Crippen molar-refractivity contribution in [1.82, 2.24) is 25.5 Å². The molecule has 0 fully saturated rings. The summed E-state index contributed by atoms with van der Waals surface area (Å²) in [5, 5.41) is 14.7. The highest BCUT2D eigenvalue weighted by molar-refractivity contribution is 5.38. The van der Waals surface area contributed by atoms with Gasteiger partial charge in [0, 0.05) is 6.07 Å². The maximum absolute atomic E-state index is 13.7. The van der Waals surface area contributed by atoms with E-state index in [2.05, 4.69) is 34.7 Å². The molecular formula is C13H18FN5O. The van der Waals surface area contributed by atoms with Crippen molar-refractivity contribution in [3.8, 4) is 11.4 Å². The van der Waals surface area contributed by atoms with Gasteiger partial charge in [0.15, 0.2) is 17.4 Å². The average Bonchev–Trinajstić information content (AvgIpc) is 2.86. The number of aromatic nitrogens is 4. The smallest absolute Gasteiger partial charge is 0.170 e. The number of benzene rings is 1. The van der Waals surface area contributed by atoms with Gasteiger partial charge >= 0.3 is 0 Å². The minimum absolute atomic E-state index is 0.196. The van der Waals surface area contributed by atoms with Crippen LogP contribution >= 0.6 is 0 Å². The minimum atomic E-state index is -0.443. The van der Waals surface area contributed by atoms with Crippen molar-refractivity contribution >= 4 is 0 Å². The van der Waals surface area contributed by atoms with Crippen molar-refractivity contribution in [2.24, 2.45) is 5.92 Å². The number of nitrogens with zero attached hydrogens (tertiary/aromatic N) is 4. The van der Waals surface area contributed by atoms with Gasteiger partial charge in [0.25, 0.3) is 0 Å².